The maximum Gasteiger partial charge on any atom is 0.248 e. The Bertz CT molecular complexity index is 921. The van der Waals surface area contributed by atoms with Crippen molar-refractivity contribution in [1.29, 1.82) is 0 Å². The van der Waals surface area contributed by atoms with Crippen LogP contribution in [0.15, 0.2) is 23.2 Å². The molecule has 1 aromatic rings. The molecule has 0 bridgehead atoms. The van der Waals surface area contributed by atoms with E-state index in [0.717, 1.165) is 5.56 Å². The Morgan fingerprint density at radius 3 is 2.52 bits per heavy atom. The van der Waals surface area contributed by atoms with Crippen LogP contribution in [0.25, 0.3) is 0 Å². The molecule has 2 atom stereocenters. The highest BCUT2D eigenvalue weighted by Gasteiger charge is 2.48. The fourth-order valence-electron chi connectivity index (χ4n) is 3.60. The van der Waals surface area contributed by atoms with Crippen LogP contribution in [-0.4, -0.2) is 61.4 Å². The molecule has 1 aromatic carbocycles. The van der Waals surface area contributed by atoms with E-state index in [1.807, 2.05) is 43.9 Å². The second kappa shape index (κ2) is 8.18. The molecule has 2 aliphatic rings. The topological polar surface area (TPSA) is 85.3 Å². The van der Waals surface area contributed by atoms with Gasteiger partial charge >= 0.3 is 0 Å². The van der Waals surface area contributed by atoms with E-state index in [9.17, 15) is 13.2 Å². The second-order valence-corrected chi connectivity index (χ2v) is 12.0. The Kier molecular flexibility index (Phi) is 6.19. The lowest BCUT2D eigenvalue weighted by molar-refractivity contribution is -0.119. The number of ether oxygens (including phenoxy) is 2. The van der Waals surface area contributed by atoms with Crippen molar-refractivity contribution in [3.63, 3.8) is 0 Å². The molecule has 160 valence electrons. The van der Waals surface area contributed by atoms with Gasteiger partial charge in [-0.15, -0.1) is 0 Å². The van der Waals surface area contributed by atoms with Gasteiger partial charge in [0.05, 0.1) is 31.8 Å². The van der Waals surface area contributed by atoms with Gasteiger partial charge in [-0.2, -0.15) is 4.99 Å². The molecule has 0 aliphatic carbocycles. The molecule has 0 N–H and O–H groups in total. The summed E-state index contributed by atoms with van der Waals surface area (Å²) in [7, 11) is 0.0699. The van der Waals surface area contributed by atoms with Gasteiger partial charge in [-0.1, -0.05) is 38.6 Å². The number of carbonyl (C=O) groups is 1. The number of fused-ring (bicyclic) bond motifs is 1. The monoisotopic (exact) mass is 440 g/mol. The van der Waals surface area contributed by atoms with Crippen molar-refractivity contribution < 1.29 is 22.7 Å². The standard InChI is InChI=1S/C20H28N2O5S2/c1-20(2,3)9-18(23)21-19-22(14-11-29(24,25)12-17(14)28-19)10-13-6-7-15(26-4)16(8-13)27-5/h6-8,14,17H,9-12H2,1-5H3/t14-,17-/m0/s1. The van der Waals surface area contributed by atoms with E-state index in [4.69, 9.17) is 9.47 Å². The summed E-state index contributed by atoms with van der Waals surface area (Å²) >= 11 is 1.40. The van der Waals surface area contributed by atoms with Crippen molar-refractivity contribution in [2.75, 3.05) is 25.7 Å². The fourth-order valence-corrected chi connectivity index (χ4v) is 7.56. The Morgan fingerprint density at radius 1 is 1.21 bits per heavy atom. The van der Waals surface area contributed by atoms with Crippen molar-refractivity contribution in [1.82, 2.24) is 4.90 Å². The molecule has 1 amide bonds. The highest BCUT2D eigenvalue weighted by Crippen LogP contribution is 2.40. The first-order valence-electron chi connectivity index (χ1n) is 9.47. The van der Waals surface area contributed by atoms with Crippen LogP contribution in [0.3, 0.4) is 0 Å². The Balaban J connectivity index is 1.89. The van der Waals surface area contributed by atoms with Crippen LogP contribution in [-0.2, 0) is 21.2 Å². The van der Waals surface area contributed by atoms with Gasteiger partial charge in [-0.3, -0.25) is 4.79 Å². The van der Waals surface area contributed by atoms with Crippen LogP contribution < -0.4 is 9.47 Å². The molecule has 7 nitrogen and oxygen atoms in total. The number of carbonyl (C=O) groups excluding carboxylic acids is 1. The number of hydrogen-bond donors (Lipinski definition) is 0. The van der Waals surface area contributed by atoms with Crippen LogP contribution in [0.1, 0.15) is 32.8 Å². The van der Waals surface area contributed by atoms with Gasteiger partial charge in [0.25, 0.3) is 0 Å². The number of amidine groups is 1. The molecule has 0 unspecified atom stereocenters. The number of aliphatic imine (C=N–C) groups is 1. The van der Waals surface area contributed by atoms with Crippen LogP contribution >= 0.6 is 11.8 Å². The van der Waals surface area contributed by atoms with Crippen LogP contribution in [0, 0.1) is 5.41 Å². The van der Waals surface area contributed by atoms with Crippen molar-refractivity contribution in [3.8, 4) is 11.5 Å². The van der Waals surface area contributed by atoms with E-state index < -0.39 is 9.84 Å². The third-order valence-electron chi connectivity index (χ3n) is 4.88. The van der Waals surface area contributed by atoms with Crippen molar-refractivity contribution >= 4 is 32.7 Å². The van der Waals surface area contributed by atoms with Gasteiger partial charge in [-0.25, -0.2) is 8.42 Å². The maximum atomic E-state index is 12.5. The molecule has 2 heterocycles. The first-order valence-corrected chi connectivity index (χ1v) is 12.2. The molecular weight excluding hydrogens is 412 g/mol. The first kappa shape index (κ1) is 22.0. The average Bonchev–Trinajstić information content (AvgIpc) is 3.05. The summed E-state index contributed by atoms with van der Waals surface area (Å²) in [4.78, 5) is 18.8. The fraction of sp³-hybridized carbons (Fsp3) is 0.600. The van der Waals surface area contributed by atoms with Crippen molar-refractivity contribution in [2.45, 2.75) is 45.0 Å². The molecule has 0 saturated carbocycles. The van der Waals surface area contributed by atoms with Gasteiger partial charge < -0.3 is 14.4 Å². The van der Waals surface area contributed by atoms with E-state index in [1.165, 1.54) is 11.8 Å². The SMILES string of the molecule is COc1ccc(CN2C(=NC(=O)CC(C)(C)C)S[C@H]3CS(=O)(=O)C[C@@H]32)cc1OC. The predicted octanol–water partition coefficient (Wildman–Crippen LogP) is 2.74. The van der Waals surface area contributed by atoms with Gasteiger partial charge in [0.2, 0.25) is 5.91 Å². The van der Waals surface area contributed by atoms with Gasteiger partial charge in [0, 0.05) is 18.2 Å². The summed E-state index contributed by atoms with van der Waals surface area (Å²) in [5.41, 5.74) is 0.779. The minimum Gasteiger partial charge on any atom is -0.493 e. The Hall–Kier alpha value is -1.74. The lowest BCUT2D eigenvalue weighted by Crippen LogP contribution is -2.37. The van der Waals surface area contributed by atoms with E-state index in [0.29, 0.717) is 29.6 Å². The molecule has 9 heteroatoms. The highest BCUT2D eigenvalue weighted by molar-refractivity contribution is 8.15. The molecule has 29 heavy (non-hydrogen) atoms. The number of nitrogens with zero attached hydrogens (tertiary/aromatic N) is 2. The van der Waals surface area contributed by atoms with E-state index in [2.05, 4.69) is 4.99 Å². The Morgan fingerprint density at radius 2 is 1.90 bits per heavy atom. The third kappa shape index (κ3) is 5.25. The van der Waals surface area contributed by atoms with Crippen LogP contribution in [0.4, 0.5) is 0 Å². The maximum absolute atomic E-state index is 12.5. The minimum absolute atomic E-state index is 0.0877. The zero-order valence-electron chi connectivity index (χ0n) is 17.5. The van der Waals surface area contributed by atoms with Crippen LogP contribution in [0.2, 0.25) is 0 Å². The van der Waals surface area contributed by atoms with Crippen molar-refractivity contribution in [3.05, 3.63) is 23.8 Å². The highest BCUT2D eigenvalue weighted by atomic mass is 32.2. The summed E-state index contributed by atoms with van der Waals surface area (Å²) in [5, 5.41) is 0.514. The summed E-state index contributed by atoms with van der Waals surface area (Å²) in [6, 6.07) is 5.42. The lowest BCUT2D eigenvalue weighted by Gasteiger charge is -2.25. The largest absolute Gasteiger partial charge is 0.493 e. The van der Waals surface area contributed by atoms with Gasteiger partial charge in [0.15, 0.2) is 26.5 Å². The zero-order valence-corrected chi connectivity index (χ0v) is 19.1. The lowest BCUT2D eigenvalue weighted by atomic mass is 9.92. The number of rotatable bonds is 5. The molecule has 2 saturated heterocycles. The molecule has 0 radical (unpaired) electrons. The number of sulfone groups is 1. The third-order valence-corrected chi connectivity index (χ3v) is 8.13. The van der Waals surface area contributed by atoms with Crippen molar-refractivity contribution in [2.24, 2.45) is 10.4 Å². The summed E-state index contributed by atoms with van der Waals surface area (Å²) in [6.07, 6.45) is 0.342. The Labute approximate surface area is 176 Å². The number of amides is 1. The zero-order chi connectivity index (χ0) is 21.4. The van der Waals surface area contributed by atoms with E-state index in [1.54, 1.807) is 14.2 Å². The first-order chi connectivity index (χ1) is 13.5. The summed E-state index contributed by atoms with van der Waals surface area (Å²) in [6.45, 7) is 6.44. The van der Waals surface area contributed by atoms with Crippen LogP contribution in [0.5, 0.6) is 11.5 Å². The molecule has 2 fully saturated rings. The quantitative estimate of drug-likeness (QED) is 0.696. The smallest absolute Gasteiger partial charge is 0.248 e. The molecule has 0 aromatic heterocycles. The normalized spacial score (nSPS) is 24.6. The molecule has 3 rings (SSSR count). The molecule has 0 spiro atoms. The number of hydrogen-bond acceptors (Lipinski definition) is 6. The minimum atomic E-state index is -3.08. The van der Waals surface area contributed by atoms with Gasteiger partial charge in [0.1, 0.15) is 0 Å². The summed E-state index contributed by atoms with van der Waals surface area (Å²) < 4.78 is 35.0. The summed E-state index contributed by atoms with van der Waals surface area (Å²) in [5.74, 6) is 1.26. The number of benzene rings is 1. The number of thioether (sulfide) groups is 1. The molecule has 2 aliphatic heterocycles. The van der Waals surface area contributed by atoms with E-state index >= 15 is 0 Å². The average molecular weight is 441 g/mol. The van der Waals surface area contributed by atoms with Gasteiger partial charge in [-0.05, 0) is 23.1 Å². The van der Waals surface area contributed by atoms with E-state index in [-0.39, 0.29) is 34.1 Å². The number of methoxy groups -OCH3 is 2. The second-order valence-electron chi connectivity index (χ2n) is 8.64. The predicted molar refractivity (Wildman–Crippen MR) is 115 cm³/mol. The molecular formula is C20H28N2O5S2.